The smallest absolute Gasteiger partial charge is 0.408 e. The van der Waals surface area contributed by atoms with Crippen molar-refractivity contribution in [1.82, 2.24) is 15.5 Å². The second-order valence-corrected chi connectivity index (χ2v) is 10.1. The first-order valence-electron chi connectivity index (χ1n) is 11.9. The molecule has 0 aliphatic heterocycles. The molecule has 7 nitrogen and oxygen atoms in total. The fraction of sp³-hybridized carbons (Fsp3) is 0.593. The lowest BCUT2D eigenvalue weighted by Crippen LogP contribution is -2.54. The van der Waals surface area contributed by atoms with Gasteiger partial charge in [-0.3, -0.25) is 14.5 Å². The summed E-state index contributed by atoms with van der Waals surface area (Å²) in [5.41, 5.74) is 1.93. The van der Waals surface area contributed by atoms with Crippen molar-refractivity contribution in [3.05, 3.63) is 34.9 Å². The summed E-state index contributed by atoms with van der Waals surface area (Å²) < 4.78 is 5.33. The third kappa shape index (κ3) is 8.40. The van der Waals surface area contributed by atoms with Crippen molar-refractivity contribution in [1.29, 1.82) is 0 Å². The normalized spacial score (nSPS) is 13.9. The molecule has 1 rings (SSSR count). The van der Waals surface area contributed by atoms with Crippen molar-refractivity contribution < 1.29 is 19.1 Å². The lowest BCUT2D eigenvalue weighted by Gasteiger charge is -2.32. The lowest BCUT2D eigenvalue weighted by molar-refractivity contribution is -0.139. The molecule has 0 fully saturated rings. The number of carbonyl (C=O) groups excluding carboxylic acids is 3. The van der Waals surface area contributed by atoms with E-state index in [-0.39, 0.29) is 17.9 Å². The van der Waals surface area contributed by atoms with Crippen LogP contribution in [0.15, 0.2) is 18.2 Å². The topological polar surface area (TPSA) is 87.7 Å². The zero-order valence-electron chi connectivity index (χ0n) is 22.1. The van der Waals surface area contributed by atoms with Crippen LogP contribution in [0, 0.1) is 32.2 Å². The van der Waals surface area contributed by atoms with Crippen LogP contribution in [0.4, 0.5) is 4.79 Å². The Hall–Kier alpha value is -3.01. The molecular formula is C27H41N3O4. The van der Waals surface area contributed by atoms with Gasteiger partial charge in [-0.15, -0.1) is 0 Å². The molecule has 188 valence electrons. The maximum Gasteiger partial charge on any atom is 0.408 e. The van der Waals surface area contributed by atoms with E-state index in [0.717, 1.165) is 28.9 Å². The maximum atomic E-state index is 13.6. The fourth-order valence-electron chi connectivity index (χ4n) is 3.54. The van der Waals surface area contributed by atoms with Gasteiger partial charge in [-0.05, 0) is 70.6 Å². The number of carbonyl (C=O) groups is 3. The minimum absolute atomic E-state index is 0.0814. The molecule has 3 amide bonds. The highest BCUT2D eigenvalue weighted by Crippen LogP contribution is 2.25. The first-order chi connectivity index (χ1) is 15.7. The number of benzene rings is 1. The first kappa shape index (κ1) is 29.0. The summed E-state index contributed by atoms with van der Waals surface area (Å²) >= 11 is 0. The van der Waals surface area contributed by atoms with Crippen molar-refractivity contribution in [2.75, 3.05) is 0 Å². The maximum absolute atomic E-state index is 13.6. The second-order valence-electron chi connectivity index (χ2n) is 10.1. The van der Waals surface area contributed by atoms with Crippen LogP contribution < -0.4 is 10.6 Å². The Morgan fingerprint density at radius 1 is 1.09 bits per heavy atom. The third-order valence-electron chi connectivity index (χ3n) is 5.45. The van der Waals surface area contributed by atoms with Crippen LogP contribution in [-0.2, 0) is 14.3 Å². The van der Waals surface area contributed by atoms with Crippen LogP contribution in [0.3, 0.4) is 0 Å². The summed E-state index contributed by atoms with van der Waals surface area (Å²) in [6.07, 6.45) is 6.79. The van der Waals surface area contributed by atoms with Gasteiger partial charge in [-0.2, -0.15) is 0 Å². The van der Waals surface area contributed by atoms with E-state index in [0.29, 0.717) is 5.56 Å². The van der Waals surface area contributed by atoms with E-state index >= 15 is 0 Å². The zero-order chi connectivity index (χ0) is 26.2. The Morgan fingerprint density at radius 2 is 1.71 bits per heavy atom. The number of nitrogens with one attached hydrogen (secondary N) is 2. The van der Waals surface area contributed by atoms with Gasteiger partial charge in [0.15, 0.2) is 0 Å². The molecule has 0 aromatic heterocycles. The van der Waals surface area contributed by atoms with Crippen LogP contribution in [0.2, 0.25) is 0 Å². The molecule has 34 heavy (non-hydrogen) atoms. The average molecular weight is 472 g/mol. The van der Waals surface area contributed by atoms with E-state index in [9.17, 15) is 14.4 Å². The van der Waals surface area contributed by atoms with Crippen molar-refractivity contribution in [3.8, 4) is 12.5 Å². The molecule has 3 unspecified atom stereocenters. The number of rotatable bonds is 9. The zero-order valence-corrected chi connectivity index (χ0v) is 22.1. The van der Waals surface area contributed by atoms with Gasteiger partial charge in [-0.25, -0.2) is 4.79 Å². The number of aryl methyl sites for hydroxylation is 2. The molecule has 0 heterocycles. The number of nitrogens with zero attached hydrogens (tertiary/aromatic N) is 1. The van der Waals surface area contributed by atoms with Crippen LogP contribution in [0.1, 0.15) is 84.0 Å². The molecule has 0 spiro atoms. The third-order valence-corrected chi connectivity index (χ3v) is 5.45. The Balaban J connectivity index is 3.40. The minimum Gasteiger partial charge on any atom is -0.444 e. The summed E-state index contributed by atoms with van der Waals surface area (Å²) in [6, 6.07) is 5.89. The van der Waals surface area contributed by atoms with E-state index in [1.807, 2.05) is 39.8 Å². The van der Waals surface area contributed by atoms with E-state index in [2.05, 4.69) is 16.7 Å². The van der Waals surface area contributed by atoms with Gasteiger partial charge in [-0.1, -0.05) is 51.8 Å². The van der Waals surface area contributed by atoms with Crippen LogP contribution in [0.25, 0.3) is 0 Å². The molecule has 0 bridgehead atoms. The molecule has 0 aliphatic rings. The highest BCUT2D eigenvalue weighted by molar-refractivity contribution is 5.93. The molecule has 3 atom stereocenters. The standard InChI is InChI=1S/C27H41N3O4/c1-11-13-20(7)28-24(31)23(21-15-14-18(5)19(6)16-21)30(12-2)25(32)22(17(3)4)29-26(33)34-27(8,9)10/h2,14-17,20,22-23H,11,13H2,1,3-10H3,(H,28,31)(H,29,33). The molecular weight excluding hydrogens is 430 g/mol. The predicted octanol–water partition coefficient (Wildman–Crippen LogP) is 4.62. The van der Waals surface area contributed by atoms with Crippen LogP contribution in [0.5, 0.6) is 0 Å². The second kappa shape index (κ2) is 12.5. The monoisotopic (exact) mass is 471 g/mol. The summed E-state index contributed by atoms with van der Waals surface area (Å²) in [6.45, 7) is 16.7. The average Bonchev–Trinajstić information content (AvgIpc) is 2.70. The number of ether oxygens (including phenoxy) is 1. The number of hydrogen-bond donors (Lipinski definition) is 2. The largest absolute Gasteiger partial charge is 0.444 e. The van der Waals surface area contributed by atoms with E-state index in [1.54, 1.807) is 40.7 Å². The summed E-state index contributed by atoms with van der Waals surface area (Å²) in [5.74, 6) is -1.21. The van der Waals surface area contributed by atoms with Gasteiger partial charge in [0.25, 0.3) is 5.91 Å². The highest BCUT2D eigenvalue weighted by Gasteiger charge is 2.37. The Kier molecular flexibility index (Phi) is 10.6. The fourth-order valence-corrected chi connectivity index (χ4v) is 3.54. The van der Waals surface area contributed by atoms with Crippen LogP contribution >= 0.6 is 0 Å². The van der Waals surface area contributed by atoms with Gasteiger partial charge in [0, 0.05) is 12.1 Å². The molecule has 7 heteroatoms. The molecule has 0 aliphatic carbocycles. The van der Waals surface area contributed by atoms with Crippen molar-refractivity contribution >= 4 is 17.9 Å². The number of alkyl carbamates (subject to hydrolysis) is 1. The van der Waals surface area contributed by atoms with Gasteiger partial charge in [0.2, 0.25) is 5.91 Å². The molecule has 0 saturated heterocycles. The van der Waals surface area contributed by atoms with Gasteiger partial charge >= 0.3 is 6.09 Å². The number of amides is 3. The molecule has 1 aromatic rings. The number of terminal acetylenes is 1. The molecule has 0 radical (unpaired) electrons. The van der Waals surface area contributed by atoms with E-state index in [1.165, 1.54) is 0 Å². The van der Waals surface area contributed by atoms with Crippen LogP contribution in [-0.4, -0.2) is 40.5 Å². The Labute approximate surface area is 205 Å². The molecule has 1 aromatic carbocycles. The molecule has 0 saturated carbocycles. The Morgan fingerprint density at radius 3 is 2.18 bits per heavy atom. The molecule has 2 N–H and O–H groups in total. The van der Waals surface area contributed by atoms with Gasteiger partial charge < -0.3 is 15.4 Å². The van der Waals surface area contributed by atoms with E-state index in [4.69, 9.17) is 11.2 Å². The van der Waals surface area contributed by atoms with Crippen molar-refractivity contribution in [3.63, 3.8) is 0 Å². The highest BCUT2D eigenvalue weighted by atomic mass is 16.6. The van der Waals surface area contributed by atoms with E-state index < -0.39 is 29.7 Å². The predicted molar refractivity (Wildman–Crippen MR) is 135 cm³/mol. The minimum atomic E-state index is -1.04. The first-order valence-corrected chi connectivity index (χ1v) is 11.9. The summed E-state index contributed by atoms with van der Waals surface area (Å²) in [5, 5.41) is 5.62. The Bertz CT molecular complexity index is 911. The number of hydrogen-bond acceptors (Lipinski definition) is 4. The van der Waals surface area contributed by atoms with Gasteiger partial charge in [0.1, 0.15) is 17.7 Å². The SMILES string of the molecule is C#CN(C(=O)C(NC(=O)OC(C)(C)C)C(C)C)C(C(=O)NC(C)CCC)c1ccc(C)c(C)c1. The quantitative estimate of drug-likeness (QED) is 0.406. The summed E-state index contributed by atoms with van der Waals surface area (Å²) in [4.78, 5) is 40.6. The lowest BCUT2D eigenvalue weighted by atomic mass is 9.97. The summed E-state index contributed by atoms with van der Waals surface area (Å²) in [7, 11) is 0. The van der Waals surface area contributed by atoms with Gasteiger partial charge in [0.05, 0.1) is 0 Å². The van der Waals surface area contributed by atoms with Crippen molar-refractivity contribution in [2.24, 2.45) is 5.92 Å². The van der Waals surface area contributed by atoms with Crippen molar-refractivity contribution in [2.45, 2.75) is 98.9 Å².